The number of halogens is 2. The lowest BCUT2D eigenvalue weighted by atomic mass is 9.95. The predicted octanol–water partition coefficient (Wildman–Crippen LogP) is 1.92. The van der Waals surface area contributed by atoms with E-state index in [0.717, 1.165) is 31.0 Å². The van der Waals surface area contributed by atoms with E-state index in [-0.39, 0.29) is 12.1 Å². The molecule has 16 heavy (non-hydrogen) atoms. The van der Waals surface area contributed by atoms with Crippen LogP contribution < -0.4 is 5.32 Å². The van der Waals surface area contributed by atoms with E-state index >= 15 is 0 Å². The van der Waals surface area contributed by atoms with E-state index in [1.165, 1.54) is 6.92 Å². The fourth-order valence-corrected chi connectivity index (χ4v) is 1.64. The molecule has 0 saturated heterocycles. The summed E-state index contributed by atoms with van der Waals surface area (Å²) in [5.41, 5.74) is -1.38. The lowest BCUT2D eigenvalue weighted by Gasteiger charge is -2.24. The summed E-state index contributed by atoms with van der Waals surface area (Å²) in [6.45, 7) is 1.72. The van der Waals surface area contributed by atoms with E-state index in [9.17, 15) is 13.9 Å². The average molecular weight is 227 g/mol. The number of nitrogens with one attached hydrogen (secondary N) is 1. The molecule has 1 aromatic rings. The number of hydrogen-bond donors (Lipinski definition) is 2. The highest BCUT2D eigenvalue weighted by molar-refractivity contribution is 5.25. The molecule has 2 nitrogen and oxygen atoms in total. The van der Waals surface area contributed by atoms with Gasteiger partial charge in [-0.3, -0.25) is 0 Å². The molecule has 1 aliphatic rings. The zero-order valence-electron chi connectivity index (χ0n) is 9.13. The maximum atomic E-state index is 13.5. The Morgan fingerprint density at radius 1 is 1.44 bits per heavy atom. The van der Waals surface area contributed by atoms with E-state index in [1.54, 1.807) is 0 Å². The molecule has 88 valence electrons. The summed E-state index contributed by atoms with van der Waals surface area (Å²) in [5.74, 6) is -1.12. The van der Waals surface area contributed by atoms with Gasteiger partial charge in [-0.05, 0) is 38.0 Å². The molecule has 4 heteroatoms. The van der Waals surface area contributed by atoms with Crippen molar-refractivity contribution in [2.75, 3.05) is 6.54 Å². The molecule has 0 aliphatic heterocycles. The first-order valence-electron chi connectivity index (χ1n) is 5.40. The highest BCUT2D eigenvalue weighted by Crippen LogP contribution is 2.26. The zero-order valence-corrected chi connectivity index (χ0v) is 9.13. The van der Waals surface area contributed by atoms with Gasteiger partial charge >= 0.3 is 0 Å². The quantitative estimate of drug-likeness (QED) is 0.823. The van der Waals surface area contributed by atoms with Crippen molar-refractivity contribution < 1.29 is 13.9 Å². The summed E-state index contributed by atoms with van der Waals surface area (Å²) in [5, 5.41) is 13.2. The van der Waals surface area contributed by atoms with E-state index < -0.39 is 17.2 Å². The van der Waals surface area contributed by atoms with Gasteiger partial charge in [0.25, 0.3) is 0 Å². The summed E-state index contributed by atoms with van der Waals surface area (Å²) in [7, 11) is 0. The van der Waals surface area contributed by atoms with Crippen molar-refractivity contribution in [2.24, 2.45) is 0 Å². The molecule has 1 fully saturated rings. The molecule has 1 unspecified atom stereocenters. The van der Waals surface area contributed by atoms with Crippen molar-refractivity contribution in [3.8, 4) is 0 Å². The minimum atomic E-state index is -1.38. The molecule has 2 N–H and O–H groups in total. The standard InChI is InChI=1S/C12H15F2NO/c1-12(16,7-15-9-3-4-9)10-6-8(13)2-5-11(10)14/h2,5-6,9,15-16H,3-4,7H2,1H3. The Morgan fingerprint density at radius 2 is 2.12 bits per heavy atom. The van der Waals surface area contributed by atoms with E-state index in [1.807, 2.05) is 0 Å². The van der Waals surface area contributed by atoms with Crippen LogP contribution in [0.2, 0.25) is 0 Å². The Balaban J connectivity index is 2.15. The minimum absolute atomic E-state index is 0.000602. The topological polar surface area (TPSA) is 32.3 Å². The molecule has 1 aromatic carbocycles. The zero-order chi connectivity index (χ0) is 11.8. The van der Waals surface area contributed by atoms with Gasteiger partial charge in [0, 0.05) is 18.2 Å². The maximum Gasteiger partial charge on any atom is 0.129 e. The monoisotopic (exact) mass is 227 g/mol. The molecule has 0 aromatic heterocycles. The fourth-order valence-electron chi connectivity index (χ4n) is 1.64. The van der Waals surface area contributed by atoms with Gasteiger partial charge in [-0.2, -0.15) is 0 Å². The summed E-state index contributed by atoms with van der Waals surface area (Å²) >= 11 is 0. The Labute approximate surface area is 93.3 Å². The number of hydrogen-bond acceptors (Lipinski definition) is 2. The van der Waals surface area contributed by atoms with E-state index in [2.05, 4.69) is 5.32 Å². The lowest BCUT2D eigenvalue weighted by Crippen LogP contribution is -2.37. The Morgan fingerprint density at radius 3 is 2.75 bits per heavy atom. The molecule has 0 bridgehead atoms. The van der Waals surface area contributed by atoms with Gasteiger partial charge in [-0.15, -0.1) is 0 Å². The number of benzene rings is 1. The third kappa shape index (κ3) is 2.57. The molecule has 2 rings (SSSR count). The van der Waals surface area contributed by atoms with Crippen LogP contribution in [0.25, 0.3) is 0 Å². The second kappa shape index (κ2) is 4.11. The molecule has 0 radical (unpaired) electrons. The molecule has 1 atom stereocenters. The molecular weight excluding hydrogens is 212 g/mol. The highest BCUT2D eigenvalue weighted by Gasteiger charge is 2.30. The van der Waals surface area contributed by atoms with Crippen LogP contribution in [0.15, 0.2) is 18.2 Å². The van der Waals surface area contributed by atoms with Gasteiger partial charge < -0.3 is 10.4 Å². The van der Waals surface area contributed by atoms with Crippen LogP contribution in [-0.2, 0) is 5.60 Å². The van der Waals surface area contributed by atoms with E-state index in [4.69, 9.17) is 0 Å². The largest absolute Gasteiger partial charge is 0.384 e. The van der Waals surface area contributed by atoms with Crippen molar-refractivity contribution >= 4 is 0 Å². The Hall–Kier alpha value is -1.00. The lowest BCUT2D eigenvalue weighted by molar-refractivity contribution is 0.0525. The van der Waals surface area contributed by atoms with E-state index in [0.29, 0.717) is 6.04 Å². The van der Waals surface area contributed by atoms with Crippen LogP contribution in [0.5, 0.6) is 0 Å². The molecule has 0 heterocycles. The van der Waals surface area contributed by atoms with Crippen molar-refractivity contribution in [3.05, 3.63) is 35.4 Å². The Bertz CT molecular complexity index is 389. The Kier molecular flexibility index (Phi) is 2.95. The van der Waals surface area contributed by atoms with Crippen molar-refractivity contribution in [1.82, 2.24) is 5.32 Å². The fraction of sp³-hybridized carbons (Fsp3) is 0.500. The normalized spacial score (nSPS) is 19.5. The van der Waals surface area contributed by atoms with Crippen LogP contribution in [0.1, 0.15) is 25.3 Å². The maximum absolute atomic E-state index is 13.5. The third-order valence-corrected chi connectivity index (χ3v) is 2.82. The smallest absolute Gasteiger partial charge is 0.129 e. The van der Waals surface area contributed by atoms with Crippen LogP contribution >= 0.6 is 0 Å². The van der Waals surface area contributed by atoms with Crippen LogP contribution in [-0.4, -0.2) is 17.7 Å². The summed E-state index contributed by atoms with van der Waals surface area (Å²) in [6.07, 6.45) is 2.17. The predicted molar refractivity (Wildman–Crippen MR) is 57.0 cm³/mol. The van der Waals surface area contributed by atoms with Gasteiger partial charge in [-0.25, -0.2) is 8.78 Å². The second-order valence-electron chi connectivity index (χ2n) is 4.55. The average Bonchev–Trinajstić information content (AvgIpc) is 3.02. The van der Waals surface area contributed by atoms with Crippen molar-refractivity contribution in [1.29, 1.82) is 0 Å². The SMILES string of the molecule is CC(O)(CNC1CC1)c1cc(F)ccc1F. The van der Waals surface area contributed by atoms with Gasteiger partial charge in [0.05, 0.1) is 0 Å². The minimum Gasteiger partial charge on any atom is -0.384 e. The molecule has 1 aliphatic carbocycles. The van der Waals surface area contributed by atoms with Crippen molar-refractivity contribution in [3.63, 3.8) is 0 Å². The molecular formula is C12H15F2NO. The number of aliphatic hydroxyl groups is 1. The third-order valence-electron chi connectivity index (χ3n) is 2.82. The van der Waals surface area contributed by atoms with Crippen LogP contribution in [0, 0.1) is 11.6 Å². The first kappa shape index (κ1) is 11.5. The summed E-state index contributed by atoms with van der Waals surface area (Å²) in [4.78, 5) is 0. The van der Waals surface area contributed by atoms with Gasteiger partial charge in [0.2, 0.25) is 0 Å². The van der Waals surface area contributed by atoms with Crippen LogP contribution in [0.4, 0.5) is 8.78 Å². The van der Waals surface area contributed by atoms with Crippen LogP contribution in [0.3, 0.4) is 0 Å². The second-order valence-corrected chi connectivity index (χ2v) is 4.55. The first-order valence-corrected chi connectivity index (χ1v) is 5.40. The number of rotatable bonds is 4. The highest BCUT2D eigenvalue weighted by atomic mass is 19.1. The first-order chi connectivity index (χ1) is 7.49. The van der Waals surface area contributed by atoms with Gasteiger partial charge in [0.15, 0.2) is 0 Å². The van der Waals surface area contributed by atoms with Gasteiger partial charge in [0.1, 0.15) is 17.2 Å². The molecule has 0 amide bonds. The van der Waals surface area contributed by atoms with Crippen molar-refractivity contribution in [2.45, 2.75) is 31.4 Å². The summed E-state index contributed by atoms with van der Waals surface area (Å²) in [6, 6.07) is 3.55. The molecule has 0 spiro atoms. The van der Waals surface area contributed by atoms with Gasteiger partial charge in [-0.1, -0.05) is 0 Å². The molecule has 1 saturated carbocycles. The summed E-state index contributed by atoms with van der Waals surface area (Å²) < 4.78 is 26.4.